The molecule has 1 saturated heterocycles. The topological polar surface area (TPSA) is 102 Å². The molecule has 0 bridgehead atoms. The zero-order valence-corrected chi connectivity index (χ0v) is 13.0. The van der Waals surface area contributed by atoms with Crippen LogP contribution in [-0.4, -0.2) is 32.9 Å². The number of hydrogen-bond acceptors (Lipinski definition) is 5. The van der Waals surface area contributed by atoms with Crippen LogP contribution in [0.4, 0.5) is 5.69 Å². The lowest BCUT2D eigenvalue weighted by Gasteiger charge is -2.10. The monoisotopic (exact) mass is 326 g/mol. The van der Waals surface area contributed by atoms with Crippen molar-refractivity contribution in [2.75, 3.05) is 11.9 Å². The van der Waals surface area contributed by atoms with Crippen molar-refractivity contribution >= 4 is 27.6 Å². The highest BCUT2D eigenvalue weighted by Crippen LogP contribution is 2.16. The van der Waals surface area contributed by atoms with Gasteiger partial charge in [-0.1, -0.05) is 6.92 Å². The SMILES string of the molecule is CCCC(=O)Nc1ccc(S(=O)(=O)N[C@H]2CCOC2=O)cc1. The molecule has 1 heterocycles. The van der Waals surface area contributed by atoms with Gasteiger partial charge in [-0.05, 0) is 30.7 Å². The summed E-state index contributed by atoms with van der Waals surface area (Å²) in [4.78, 5) is 22.8. The molecule has 1 aliphatic rings. The summed E-state index contributed by atoms with van der Waals surface area (Å²) in [6.07, 6.45) is 1.47. The van der Waals surface area contributed by atoms with Crippen LogP contribution in [0.2, 0.25) is 0 Å². The van der Waals surface area contributed by atoms with E-state index in [-0.39, 0.29) is 17.4 Å². The standard InChI is InChI=1S/C14H18N2O5S/c1-2-3-13(17)15-10-4-6-11(7-5-10)22(19,20)16-12-8-9-21-14(12)18/h4-7,12,16H,2-3,8-9H2,1H3,(H,15,17)/t12-/m0/s1. The summed E-state index contributed by atoms with van der Waals surface area (Å²) in [5, 5.41) is 2.67. The van der Waals surface area contributed by atoms with Crippen LogP contribution in [0.25, 0.3) is 0 Å². The molecular weight excluding hydrogens is 308 g/mol. The van der Waals surface area contributed by atoms with Gasteiger partial charge in [0.25, 0.3) is 0 Å². The fourth-order valence-electron chi connectivity index (χ4n) is 2.03. The van der Waals surface area contributed by atoms with Crippen LogP contribution in [0.15, 0.2) is 29.2 Å². The molecule has 2 rings (SSSR count). The maximum absolute atomic E-state index is 12.2. The first kappa shape index (κ1) is 16.4. The van der Waals surface area contributed by atoms with Crippen LogP contribution in [-0.2, 0) is 24.3 Å². The van der Waals surface area contributed by atoms with Crippen LogP contribution < -0.4 is 10.0 Å². The maximum Gasteiger partial charge on any atom is 0.324 e. The van der Waals surface area contributed by atoms with Crippen LogP contribution >= 0.6 is 0 Å². The normalized spacial score (nSPS) is 18.0. The molecule has 1 aromatic rings. The molecule has 0 unspecified atom stereocenters. The molecule has 1 aromatic carbocycles. The van der Waals surface area contributed by atoms with Gasteiger partial charge in [0.2, 0.25) is 15.9 Å². The predicted molar refractivity (Wildman–Crippen MR) is 79.7 cm³/mol. The van der Waals surface area contributed by atoms with Gasteiger partial charge >= 0.3 is 5.97 Å². The van der Waals surface area contributed by atoms with E-state index in [2.05, 4.69) is 10.0 Å². The van der Waals surface area contributed by atoms with Gasteiger partial charge in [0, 0.05) is 18.5 Å². The Morgan fingerprint density at radius 2 is 2.00 bits per heavy atom. The second kappa shape index (κ2) is 6.89. The summed E-state index contributed by atoms with van der Waals surface area (Å²) in [6.45, 7) is 2.11. The number of benzene rings is 1. The van der Waals surface area contributed by atoms with Gasteiger partial charge in [-0.25, -0.2) is 8.42 Å². The average molecular weight is 326 g/mol. The minimum Gasteiger partial charge on any atom is -0.464 e. The second-order valence-corrected chi connectivity index (χ2v) is 6.67. The molecule has 0 aliphatic carbocycles. The quantitative estimate of drug-likeness (QED) is 0.760. The molecule has 0 spiro atoms. The van der Waals surface area contributed by atoms with Crippen molar-refractivity contribution in [1.82, 2.24) is 4.72 Å². The Morgan fingerprint density at radius 1 is 1.32 bits per heavy atom. The van der Waals surface area contributed by atoms with Crippen LogP contribution in [0, 0.1) is 0 Å². The Kier molecular flexibility index (Phi) is 5.15. The molecule has 1 amide bonds. The first-order chi connectivity index (χ1) is 10.4. The lowest BCUT2D eigenvalue weighted by molar-refractivity contribution is -0.139. The van der Waals surface area contributed by atoms with E-state index in [0.29, 0.717) is 18.5 Å². The Hall–Kier alpha value is -1.93. The first-order valence-corrected chi connectivity index (χ1v) is 8.49. The Morgan fingerprint density at radius 3 is 2.55 bits per heavy atom. The molecule has 22 heavy (non-hydrogen) atoms. The van der Waals surface area contributed by atoms with E-state index in [1.54, 1.807) is 0 Å². The van der Waals surface area contributed by atoms with E-state index in [9.17, 15) is 18.0 Å². The number of anilines is 1. The molecule has 8 heteroatoms. The second-order valence-electron chi connectivity index (χ2n) is 4.95. The number of carbonyl (C=O) groups excluding carboxylic acids is 2. The third kappa shape index (κ3) is 4.05. The molecular formula is C14H18N2O5S. The van der Waals surface area contributed by atoms with Crippen molar-refractivity contribution < 1.29 is 22.7 Å². The maximum atomic E-state index is 12.2. The van der Waals surface area contributed by atoms with Crippen molar-refractivity contribution in [3.05, 3.63) is 24.3 Å². The largest absolute Gasteiger partial charge is 0.464 e. The fourth-order valence-corrected chi connectivity index (χ4v) is 3.25. The Bertz CT molecular complexity index is 654. The number of ether oxygens (including phenoxy) is 1. The zero-order chi connectivity index (χ0) is 16.2. The van der Waals surface area contributed by atoms with Crippen molar-refractivity contribution in [3.8, 4) is 0 Å². The van der Waals surface area contributed by atoms with Gasteiger partial charge < -0.3 is 10.1 Å². The number of nitrogens with one attached hydrogen (secondary N) is 2. The van der Waals surface area contributed by atoms with Crippen LogP contribution in [0.3, 0.4) is 0 Å². The zero-order valence-electron chi connectivity index (χ0n) is 12.2. The third-order valence-corrected chi connectivity index (χ3v) is 4.65. The van der Waals surface area contributed by atoms with Crippen molar-refractivity contribution in [1.29, 1.82) is 0 Å². The van der Waals surface area contributed by atoms with Gasteiger partial charge in [-0.2, -0.15) is 4.72 Å². The molecule has 1 aliphatic heterocycles. The first-order valence-electron chi connectivity index (χ1n) is 7.01. The molecule has 1 atom stereocenters. The number of cyclic esters (lactones) is 1. The molecule has 2 N–H and O–H groups in total. The van der Waals surface area contributed by atoms with E-state index >= 15 is 0 Å². The summed E-state index contributed by atoms with van der Waals surface area (Å²) in [7, 11) is -3.80. The third-order valence-electron chi connectivity index (χ3n) is 3.16. The van der Waals surface area contributed by atoms with E-state index < -0.39 is 22.0 Å². The lowest BCUT2D eigenvalue weighted by Crippen LogP contribution is -2.37. The Balaban J connectivity index is 2.05. The predicted octanol–water partition coefficient (Wildman–Crippen LogP) is 1.02. The molecule has 0 saturated carbocycles. The van der Waals surface area contributed by atoms with Gasteiger partial charge in [0.1, 0.15) is 6.04 Å². The summed E-state index contributed by atoms with van der Waals surface area (Å²) >= 11 is 0. The van der Waals surface area contributed by atoms with Crippen LogP contribution in [0.1, 0.15) is 26.2 Å². The van der Waals surface area contributed by atoms with Crippen LogP contribution in [0.5, 0.6) is 0 Å². The minimum absolute atomic E-state index is 0.0284. The number of sulfonamides is 1. The van der Waals surface area contributed by atoms with Gasteiger partial charge in [0.15, 0.2) is 0 Å². The average Bonchev–Trinajstić information content (AvgIpc) is 2.84. The number of rotatable bonds is 6. The molecule has 1 fully saturated rings. The summed E-state index contributed by atoms with van der Waals surface area (Å²) in [5.41, 5.74) is 0.526. The van der Waals surface area contributed by atoms with E-state index in [4.69, 9.17) is 4.74 Å². The highest BCUT2D eigenvalue weighted by molar-refractivity contribution is 7.89. The smallest absolute Gasteiger partial charge is 0.324 e. The molecule has 0 aromatic heterocycles. The molecule has 120 valence electrons. The summed E-state index contributed by atoms with van der Waals surface area (Å²) in [6, 6.07) is 4.94. The number of hydrogen-bond donors (Lipinski definition) is 2. The van der Waals surface area contributed by atoms with E-state index in [1.807, 2.05) is 6.92 Å². The molecule has 0 radical (unpaired) electrons. The lowest BCUT2D eigenvalue weighted by atomic mass is 10.3. The van der Waals surface area contributed by atoms with Crippen molar-refractivity contribution in [2.45, 2.75) is 37.1 Å². The molecule has 7 nitrogen and oxygen atoms in total. The minimum atomic E-state index is -3.80. The Labute approximate surface area is 129 Å². The van der Waals surface area contributed by atoms with Gasteiger partial charge in [-0.15, -0.1) is 0 Å². The summed E-state index contributed by atoms with van der Waals surface area (Å²) < 4.78 is 31.4. The number of carbonyl (C=O) groups is 2. The number of esters is 1. The van der Waals surface area contributed by atoms with Crippen molar-refractivity contribution in [2.24, 2.45) is 0 Å². The highest BCUT2D eigenvalue weighted by atomic mass is 32.2. The van der Waals surface area contributed by atoms with Gasteiger partial charge in [-0.3, -0.25) is 9.59 Å². The van der Waals surface area contributed by atoms with E-state index in [0.717, 1.165) is 6.42 Å². The van der Waals surface area contributed by atoms with Gasteiger partial charge in [0.05, 0.1) is 11.5 Å². The van der Waals surface area contributed by atoms with Crippen molar-refractivity contribution in [3.63, 3.8) is 0 Å². The highest BCUT2D eigenvalue weighted by Gasteiger charge is 2.31. The summed E-state index contributed by atoms with van der Waals surface area (Å²) in [5.74, 6) is -0.683. The fraction of sp³-hybridized carbons (Fsp3) is 0.429. The van der Waals surface area contributed by atoms with E-state index in [1.165, 1.54) is 24.3 Å². The number of amides is 1.